The Bertz CT molecular complexity index is 672. The zero-order valence-corrected chi connectivity index (χ0v) is 15.5. The maximum atomic E-state index is 6.30. The average molecular weight is 359 g/mol. The molecule has 0 aromatic heterocycles. The minimum absolute atomic E-state index is 0.132. The summed E-state index contributed by atoms with van der Waals surface area (Å²) in [7, 11) is 0. The fourth-order valence-corrected chi connectivity index (χ4v) is 6.63. The lowest BCUT2D eigenvalue weighted by Gasteiger charge is -2.51. The summed E-state index contributed by atoms with van der Waals surface area (Å²) < 4.78 is 12.5. The quantitative estimate of drug-likeness (QED) is 0.563. The first kappa shape index (κ1) is 16.4. The normalized spacial score (nSPS) is 42.5. The Morgan fingerprint density at radius 2 is 2.04 bits per heavy atom. The summed E-state index contributed by atoms with van der Waals surface area (Å²) in [4.78, 5) is 0. The molecule has 1 aromatic carbocycles. The summed E-state index contributed by atoms with van der Waals surface area (Å²) in [6, 6.07) is 9.13. The van der Waals surface area contributed by atoms with Crippen LogP contribution in [0.3, 0.4) is 0 Å². The number of hydrogen-bond donors (Lipinski definition) is 0. The summed E-state index contributed by atoms with van der Waals surface area (Å²) in [5.41, 5.74) is 3.33. The number of allylic oxidation sites excluding steroid dienone is 1. The molecular weight excluding hydrogens is 332 g/mol. The third-order valence-corrected chi connectivity index (χ3v) is 7.58. The van der Waals surface area contributed by atoms with Crippen molar-refractivity contribution in [3.63, 3.8) is 0 Å². The Kier molecular flexibility index (Phi) is 4.19. The maximum Gasteiger partial charge on any atom is 0.0931 e. The van der Waals surface area contributed by atoms with Crippen molar-refractivity contribution < 1.29 is 9.47 Å². The van der Waals surface area contributed by atoms with Crippen LogP contribution in [0, 0.1) is 17.3 Å². The molecule has 134 valence electrons. The number of halogens is 1. The van der Waals surface area contributed by atoms with Gasteiger partial charge in [-0.05, 0) is 61.0 Å². The molecule has 0 spiro atoms. The van der Waals surface area contributed by atoms with Crippen LogP contribution in [0.25, 0.3) is 0 Å². The van der Waals surface area contributed by atoms with E-state index in [1.807, 2.05) is 0 Å². The number of aryl methyl sites for hydroxylation is 1. The molecule has 0 radical (unpaired) electrons. The largest absolute Gasteiger partial charge is 0.373 e. The highest BCUT2D eigenvalue weighted by atomic mass is 35.5. The van der Waals surface area contributed by atoms with Crippen LogP contribution in [0.4, 0.5) is 0 Å². The molecule has 5 rings (SSSR count). The molecule has 1 heterocycles. The van der Waals surface area contributed by atoms with Gasteiger partial charge in [0, 0.05) is 11.3 Å². The minimum atomic E-state index is 0.132. The van der Waals surface area contributed by atoms with Gasteiger partial charge >= 0.3 is 0 Å². The molecular formula is C22H27ClO2. The molecule has 0 N–H and O–H groups in total. The van der Waals surface area contributed by atoms with Crippen molar-refractivity contribution in [2.24, 2.45) is 17.3 Å². The number of alkyl halides is 1. The highest BCUT2D eigenvalue weighted by Gasteiger charge is 2.61. The summed E-state index contributed by atoms with van der Waals surface area (Å²) >= 11 is 6.03. The molecule has 1 aliphatic heterocycles. The van der Waals surface area contributed by atoms with Gasteiger partial charge in [-0.3, -0.25) is 0 Å². The van der Waals surface area contributed by atoms with Crippen molar-refractivity contribution in [2.45, 2.75) is 50.2 Å². The molecule has 2 saturated carbocycles. The molecule has 0 bridgehead atoms. The lowest BCUT2D eigenvalue weighted by molar-refractivity contribution is -0.155. The lowest BCUT2D eigenvalue weighted by Crippen LogP contribution is -2.48. The van der Waals surface area contributed by atoms with Gasteiger partial charge in [-0.1, -0.05) is 36.4 Å². The fourth-order valence-electron chi connectivity index (χ4n) is 6.54. The highest BCUT2D eigenvalue weighted by molar-refractivity contribution is 6.18. The van der Waals surface area contributed by atoms with Gasteiger partial charge in [0.2, 0.25) is 0 Å². The number of fused-ring (bicyclic) bond motifs is 7. The summed E-state index contributed by atoms with van der Waals surface area (Å²) in [6.07, 6.45) is 11.2. The second-order valence-corrected chi connectivity index (χ2v) is 8.57. The van der Waals surface area contributed by atoms with Gasteiger partial charge in [0.25, 0.3) is 0 Å². The molecule has 3 fully saturated rings. The maximum absolute atomic E-state index is 6.30. The molecule has 2 unspecified atom stereocenters. The van der Waals surface area contributed by atoms with E-state index in [1.54, 1.807) is 11.1 Å². The van der Waals surface area contributed by atoms with E-state index in [0.29, 0.717) is 17.7 Å². The van der Waals surface area contributed by atoms with E-state index in [0.717, 1.165) is 25.6 Å². The molecule has 4 aliphatic rings. The smallest absolute Gasteiger partial charge is 0.0931 e. The van der Waals surface area contributed by atoms with Crippen molar-refractivity contribution in [3.05, 3.63) is 47.5 Å². The fraction of sp³-hybridized carbons (Fsp3) is 0.636. The predicted octanol–water partition coefficient (Wildman–Crippen LogP) is 4.71. The number of ether oxygens (including phenoxy) is 2. The van der Waals surface area contributed by atoms with E-state index in [-0.39, 0.29) is 17.6 Å². The monoisotopic (exact) mass is 358 g/mol. The van der Waals surface area contributed by atoms with E-state index in [1.165, 1.54) is 25.7 Å². The predicted molar refractivity (Wildman–Crippen MR) is 100 cm³/mol. The second-order valence-electron chi connectivity index (χ2n) is 8.26. The van der Waals surface area contributed by atoms with E-state index in [4.69, 9.17) is 21.1 Å². The van der Waals surface area contributed by atoms with E-state index in [2.05, 4.69) is 36.4 Å². The first-order chi connectivity index (χ1) is 12.3. The van der Waals surface area contributed by atoms with Crippen LogP contribution in [0.15, 0.2) is 36.4 Å². The summed E-state index contributed by atoms with van der Waals surface area (Å²) in [5.74, 6) is 2.71. The second kappa shape index (κ2) is 6.40. The number of hydrogen-bond acceptors (Lipinski definition) is 2. The average Bonchev–Trinajstić information content (AvgIpc) is 3.01. The van der Waals surface area contributed by atoms with E-state index >= 15 is 0 Å². The van der Waals surface area contributed by atoms with Crippen molar-refractivity contribution in [3.8, 4) is 0 Å². The zero-order chi connectivity index (χ0) is 16.9. The third kappa shape index (κ3) is 2.44. The lowest BCUT2D eigenvalue weighted by atomic mass is 9.54. The van der Waals surface area contributed by atoms with Crippen molar-refractivity contribution in [2.75, 3.05) is 19.1 Å². The minimum Gasteiger partial charge on any atom is -0.373 e. The van der Waals surface area contributed by atoms with Crippen LogP contribution in [0.2, 0.25) is 0 Å². The van der Waals surface area contributed by atoms with Crippen LogP contribution >= 0.6 is 11.6 Å². The first-order valence-corrected chi connectivity index (χ1v) is 10.4. The molecule has 1 aromatic rings. The van der Waals surface area contributed by atoms with Crippen molar-refractivity contribution in [1.29, 1.82) is 0 Å². The topological polar surface area (TPSA) is 18.5 Å². The van der Waals surface area contributed by atoms with Crippen molar-refractivity contribution >= 4 is 11.6 Å². The van der Waals surface area contributed by atoms with Gasteiger partial charge in [-0.2, -0.15) is 0 Å². The van der Waals surface area contributed by atoms with Crippen LogP contribution < -0.4 is 0 Å². The SMILES string of the molecule is ClC/C=C/[C@]12CC[C@@H]3c4ccccc4CC[C@H]3[C@@H]1CC1OCCOC12. The summed E-state index contributed by atoms with van der Waals surface area (Å²) in [5, 5.41) is 0. The molecule has 3 aliphatic carbocycles. The Hall–Kier alpha value is -0.830. The van der Waals surface area contributed by atoms with Gasteiger partial charge in [-0.25, -0.2) is 0 Å². The van der Waals surface area contributed by atoms with Crippen LogP contribution in [0.5, 0.6) is 0 Å². The standard InChI is InChI=1S/C22H27ClO2/c23-11-3-9-22-10-8-17-16-5-2-1-4-15(16)6-7-18(17)19(22)14-20-21(22)25-13-12-24-20/h1-5,9,17-21H,6-8,10-14H2/b9-3+/t17-,18-,19+,20?,21?,22+/m1/s1. The van der Waals surface area contributed by atoms with Gasteiger partial charge < -0.3 is 9.47 Å². The zero-order valence-electron chi connectivity index (χ0n) is 14.7. The van der Waals surface area contributed by atoms with Crippen LogP contribution in [-0.4, -0.2) is 31.3 Å². The number of rotatable bonds is 2. The van der Waals surface area contributed by atoms with E-state index < -0.39 is 0 Å². The summed E-state index contributed by atoms with van der Waals surface area (Å²) in [6.45, 7) is 1.49. The van der Waals surface area contributed by atoms with Crippen LogP contribution in [-0.2, 0) is 15.9 Å². The Morgan fingerprint density at radius 1 is 1.16 bits per heavy atom. The molecule has 25 heavy (non-hydrogen) atoms. The molecule has 1 saturated heterocycles. The van der Waals surface area contributed by atoms with Crippen molar-refractivity contribution in [1.82, 2.24) is 0 Å². The van der Waals surface area contributed by atoms with Gasteiger partial charge in [0.15, 0.2) is 0 Å². The Balaban J connectivity index is 1.53. The molecule has 0 amide bonds. The molecule has 6 atom stereocenters. The molecule has 3 heteroatoms. The highest BCUT2D eigenvalue weighted by Crippen LogP contribution is 2.63. The van der Waals surface area contributed by atoms with E-state index in [9.17, 15) is 0 Å². The third-order valence-electron chi connectivity index (χ3n) is 7.40. The molecule has 2 nitrogen and oxygen atoms in total. The Morgan fingerprint density at radius 3 is 2.96 bits per heavy atom. The van der Waals surface area contributed by atoms with Gasteiger partial charge in [0.05, 0.1) is 25.4 Å². The van der Waals surface area contributed by atoms with Gasteiger partial charge in [0.1, 0.15) is 0 Å². The van der Waals surface area contributed by atoms with Crippen LogP contribution in [0.1, 0.15) is 42.7 Å². The Labute approximate surface area is 155 Å². The van der Waals surface area contributed by atoms with Gasteiger partial charge in [-0.15, -0.1) is 11.6 Å². The number of benzene rings is 1. The first-order valence-electron chi connectivity index (χ1n) is 9.88.